The first-order chi connectivity index (χ1) is 8.06. The molecule has 0 aromatic rings. The molecule has 0 saturated carbocycles. The van der Waals surface area contributed by atoms with Crippen molar-refractivity contribution >= 4 is 33.5 Å². The summed E-state index contributed by atoms with van der Waals surface area (Å²) >= 11 is 0. The Hall–Kier alpha value is 0.636. The Kier molecular flexibility index (Phi) is 16.4. The molecule has 0 bridgehead atoms. The van der Waals surface area contributed by atoms with Crippen LogP contribution in [-0.4, -0.2) is 42.6 Å². The molecule has 0 amide bonds. The van der Waals surface area contributed by atoms with Gasteiger partial charge in [-0.25, -0.2) is 4.18 Å². The molecule has 18 heavy (non-hydrogen) atoms. The maximum Gasteiger partial charge on any atom is 2.00 e. The van der Waals surface area contributed by atoms with Crippen molar-refractivity contribution < 1.29 is 17.2 Å². The number of hydrogen-bond donors (Lipinski definition) is 1. The summed E-state index contributed by atoms with van der Waals surface area (Å²) in [6.07, 6.45) is 11.9. The van der Waals surface area contributed by atoms with Crippen LogP contribution in [0.3, 0.4) is 0 Å². The van der Waals surface area contributed by atoms with Gasteiger partial charge in [0.25, 0.3) is 0 Å². The molecule has 4 nitrogen and oxygen atoms in total. The van der Waals surface area contributed by atoms with Crippen LogP contribution in [0.4, 0.5) is 0 Å². The minimum atomic E-state index is -4.23. The number of hydrogen-bond acceptors (Lipinski definition) is 3. The van der Waals surface area contributed by atoms with Crippen molar-refractivity contribution in [3.63, 3.8) is 0 Å². The molecular formula is C12H26MgO4S+2. The summed E-state index contributed by atoms with van der Waals surface area (Å²) in [5, 5.41) is 0. The quantitative estimate of drug-likeness (QED) is 0.340. The molecule has 0 aliphatic carbocycles. The Bertz CT molecular complexity index is 255. The standard InChI is InChI=1S/C12H26O4S.Mg/c1-2-3-4-5-6-7-8-9-10-11-12-16-17(13,14)15;/h2-12H2,1H3,(H,13,14,15);/q;+2. The minimum Gasteiger partial charge on any atom is -0.264 e. The van der Waals surface area contributed by atoms with Crippen LogP contribution < -0.4 is 0 Å². The molecular weight excluding hydrogens is 264 g/mol. The fourth-order valence-electron chi connectivity index (χ4n) is 1.75. The predicted molar refractivity (Wildman–Crippen MR) is 75.1 cm³/mol. The Balaban J connectivity index is 0. The van der Waals surface area contributed by atoms with Gasteiger partial charge in [0, 0.05) is 0 Å². The van der Waals surface area contributed by atoms with Crippen molar-refractivity contribution in [1.29, 1.82) is 0 Å². The van der Waals surface area contributed by atoms with Gasteiger partial charge in [-0.15, -0.1) is 0 Å². The first-order valence-corrected chi connectivity index (χ1v) is 8.04. The van der Waals surface area contributed by atoms with E-state index in [1.807, 2.05) is 0 Å². The second kappa shape index (κ2) is 14.1. The Labute approximate surface area is 128 Å². The summed E-state index contributed by atoms with van der Waals surface area (Å²) in [7, 11) is -4.23. The average Bonchev–Trinajstić information content (AvgIpc) is 2.24. The summed E-state index contributed by atoms with van der Waals surface area (Å²) in [6.45, 7) is 2.31. The van der Waals surface area contributed by atoms with Gasteiger partial charge in [-0.1, -0.05) is 64.7 Å². The molecule has 0 radical (unpaired) electrons. The minimum absolute atomic E-state index is 0. The van der Waals surface area contributed by atoms with Gasteiger partial charge in [0.05, 0.1) is 6.61 Å². The third-order valence-corrected chi connectivity index (χ3v) is 3.19. The van der Waals surface area contributed by atoms with E-state index >= 15 is 0 Å². The zero-order chi connectivity index (χ0) is 13.0. The molecule has 104 valence electrons. The van der Waals surface area contributed by atoms with E-state index in [1.54, 1.807) is 0 Å². The summed E-state index contributed by atoms with van der Waals surface area (Å²) in [6, 6.07) is 0. The largest absolute Gasteiger partial charge is 2.00 e. The number of unbranched alkanes of at least 4 members (excludes halogenated alkanes) is 9. The zero-order valence-corrected chi connectivity index (χ0v) is 13.8. The van der Waals surface area contributed by atoms with Crippen molar-refractivity contribution in [2.45, 2.75) is 71.1 Å². The van der Waals surface area contributed by atoms with E-state index in [0.29, 0.717) is 6.42 Å². The molecule has 0 aliphatic rings. The van der Waals surface area contributed by atoms with Crippen LogP contribution >= 0.6 is 0 Å². The maximum atomic E-state index is 10.2. The fraction of sp³-hybridized carbons (Fsp3) is 1.00. The molecule has 0 saturated heterocycles. The van der Waals surface area contributed by atoms with E-state index in [-0.39, 0.29) is 29.7 Å². The first-order valence-electron chi connectivity index (χ1n) is 6.68. The molecule has 0 unspecified atom stereocenters. The molecule has 0 heterocycles. The molecule has 0 aliphatic heterocycles. The van der Waals surface area contributed by atoms with E-state index < -0.39 is 10.4 Å². The van der Waals surface area contributed by atoms with Gasteiger partial charge in [-0.2, -0.15) is 8.42 Å². The Morgan fingerprint density at radius 1 is 0.833 bits per heavy atom. The summed E-state index contributed by atoms with van der Waals surface area (Å²) in [5.41, 5.74) is 0. The summed E-state index contributed by atoms with van der Waals surface area (Å²) < 4.78 is 33.0. The zero-order valence-electron chi connectivity index (χ0n) is 11.6. The van der Waals surface area contributed by atoms with Gasteiger partial charge in [0.1, 0.15) is 0 Å². The van der Waals surface area contributed by atoms with Crippen molar-refractivity contribution in [2.24, 2.45) is 0 Å². The van der Waals surface area contributed by atoms with Crippen LogP contribution in [0, 0.1) is 0 Å². The second-order valence-electron chi connectivity index (χ2n) is 4.43. The second-order valence-corrected chi connectivity index (χ2v) is 5.52. The van der Waals surface area contributed by atoms with E-state index in [1.165, 1.54) is 44.9 Å². The van der Waals surface area contributed by atoms with Gasteiger partial charge < -0.3 is 0 Å². The molecule has 0 fully saturated rings. The number of rotatable bonds is 12. The Morgan fingerprint density at radius 2 is 1.22 bits per heavy atom. The molecule has 0 aromatic carbocycles. The molecule has 0 aromatic heterocycles. The fourth-order valence-corrected chi connectivity index (χ4v) is 2.08. The Morgan fingerprint density at radius 3 is 1.61 bits per heavy atom. The molecule has 6 heteroatoms. The van der Waals surface area contributed by atoms with E-state index in [9.17, 15) is 8.42 Å². The topological polar surface area (TPSA) is 63.6 Å². The van der Waals surface area contributed by atoms with Crippen molar-refractivity contribution in [2.75, 3.05) is 6.61 Å². The van der Waals surface area contributed by atoms with Gasteiger partial charge in [-0.05, 0) is 6.42 Å². The van der Waals surface area contributed by atoms with Crippen LogP contribution in [0.2, 0.25) is 0 Å². The van der Waals surface area contributed by atoms with E-state index in [0.717, 1.165) is 12.8 Å². The monoisotopic (exact) mass is 290 g/mol. The van der Waals surface area contributed by atoms with Crippen LogP contribution in [0.5, 0.6) is 0 Å². The van der Waals surface area contributed by atoms with Crippen LogP contribution in [-0.2, 0) is 14.6 Å². The van der Waals surface area contributed by atoms with Gasteiger partial charge in [0.2, 0.25) is 0 Å². The van der Waals surface area contributed by atoms with E-state index in [2.05, 4.69) is 11.1 Å². The molecule has 0 atom stereocenters. The van der Waals surface area contributed by atoms with Crippen LogP contribution in [0.15, 0.2) is 0 Å². The van der Waals surface area contributed by atoms with E-state index in [4.69, 9.17) is 4.55 Å². The van der Waals surface area contributed by atoms with Crippen LogP contribution in [0.25, 0.3) is 0 Å². The summed E-state index contributed by atoms with van der Waals surface area (Å²) in [4.78, 5) is 0. The normalized spacial score (nSPS) is 11.2. The van der Waals surface area contributed by atoms with Crippen LogP contribution in [0.1, 0.15) is 71.1 Å². The van der Waals surface area contributed by atoms with Crippen molar-refractivity contribution in [3.05, 3.63) is 0 Å². The summed E-state index contributed by atoms with van der Waals surface area (Å²) in [5.74, 6) is 0. The van der Waals surface area contributed by atoms with Crippen molar-refractivity contribution in [3.8, 4) is 0 Å². The first kappa shape index (κ1) is 20.9. The third kappa shape index (κ3) is 19.0. The average molecular weight is 291 g/mol. The predicted octanol–water partition coefficient (Wildman–Crippen LogP) is 3.35. The van der Waals surface area contributed by atoms with Gasteiger partial charge in [-0.3, -0.25) is 4.55 Å². The van der Waals surface area contributed by atoms with Gasteiger partial charge in [0.15, 0.2) is 0 Å². The maximum absolute atomic E-state index is 10.2. The third-order valence-electron chi connectivity index (χ3n) is 2.73. The van der Waals surface area contributed by atoms with Gasteiger partial charge >= 0.3 is 33.5 Å². The molecule has 0 spiro atoms. The molecule has 0 rings (SSSR count). The molecule has 1 N–H and O–H groups in total. The van der Waals surface area contributed by atoms with Crippen molar-refractivity contribution in [1.82, 2.24) is 0 Å². The SMILES string of the molecule is CCCCCCCCCCCCOS(=O)(=O)O.[Mg+2]. The smallest absolute Gasteiger partial charge is 0.264 e.